The van der Waals surface area contributed by atoms with Crippen LogP contribution in [-0.2, 0) is 14.8 Å². The monoisotopic (exact) mass is 304 g/mol. The average Bonchev–Trinajstić information content (AvgIpc) is 2.78. The lowest BCUT2D eigenvalue weighted by atomic mass is 10.2. The van der Waals surface area contributed by atoms with Gasteiger partial charge in [-0.3, -0.25) is 0 Å². The van der Waals surface area contributed by atoms with Crippen LogP contribution in [0, 0.1) is 0 Å². The van der Waals surface area contributed by atoms with Crippen molar-refractivity contribution in [3.05, 3.63) is 23.2 Å². The Kier molecular flexibility index (Phi) is 4.35. The molecule has 0 heterocycles. The van der Waals surface area contributed by atoms with Gasteiger partial charge >= 0.3 is 0 Å². The van der Waals surface area contributed by atoms with Crippen molar-refractivity contribution in [3.8, 4) is 0 Å². The van der Waals surface area contributed by atoms with E-state index in [1.165, 1.54) is 12.1 Å². The third-order valence-corrected chi connectivity index (χ3v) is 5.28. The third-order valence-electron chi connectivity index (χ3n) is 3.31. The van der Waals surface area contributed by atoms with E-state index < -0.39 is 10.0 Å². The summed E-state index contributed by atoms with van der Waals surface area (Å²) in [4.78, 5) is 0.0101. The largest absolute Gasteiger partial charge is 0.399 e. The first-order chi connectivity index (χ1) is 8.94. The van der Waals surface area contributed by atoms with E-state index in [4.69, 9.17) is 22.1 Å². The summed E-state index contributed by atoms with van der Waals surface area (Å²) in [6.45, 7) is 0. The van der Waals surface area contributed by atoms with Gasteiger partial charge in [-0.15, -0.1) is 0 Å². The molecule has 3 N–H and O–H groups in total. The highest BCUT2D eigenvalue weighted by atomic mass is 35.5. The molecule has 2 atom stereocenters. The van der Waals surface area contributed by atoms with E-state index in [1.807, 2.05) is 0 Å². The minimum absolute atomic E-state index is 0.0101. The molecule has 1 saturated carbocycles. The Morgan fingerprint density at radius 2 is 2.16 bits per heavy atom. The van der Waals surface area contributed by atoms with Crippen LogP contribution in [0.1, 0.15) is 19.3 Å². The number of rotatable bonds is 4. The van der Waals surface area contributed by atoms with Crippen LogP contribution in [0.5, 0.6) is 0 Å². The Bertz CT molecular complexity index is 562. The Morgan fingerprint density at radius 1 is 1.42 bits per heavy atom. The number of anilines is 1. The molecule has 0 bridgehead atoms. The minimum atomic E-state index is -3.68. The molecule has 2 rings (SSSR count). The second-order valence-corrected chi connectivity index (χ2v) is 6.71. The van der Waals surface area contributed by atoms with Crippen LogP contribution in [0.15, 0.2) is 23.1 Å². The van der Waals surface area contributed by atoms with Gasteiger partial charge in [0.15, 0.2) is 0 Å². The first-order valence-corrected chi connectivity index (χ1v) is 7.90. The lowest BCUT2D eigenvalue weighted by Gasteiger charge is -2.20. The van der Waals surface area contributed by atoms with Crippen molar-refractivity contribution in [2.45, 2.75) is 36.3 Å². The van der Waals surface area contributed by atoms with Crippen LogP contribution in [0.4, 0.5) is 5.69 Å². The Balaban J connectivity index is 2.25. The number of ether oxygens (including phenoxy) is 1. The van der Waals surface area contributed by atoms with Crippen molar-refractivity contribution in [2.24, 2.45) is 0 Å². The maximum atomic E-state index is 12.3. The number of benzene rings is 1. The first kappa shape index (κ1) is 14.6. The van der Waals surface area contributed by atoms with E-state index in [0.29, 0.717) is 5.69 Å². The van der Waals surface area contributed by atoms with Gasteiger partial charge in [-0.05, 0) is 37.5 Å². The van der Waals surface area contributed by atoms with E-state index in [1.54, 1.807) is 13.2 Å². The Labute approximate surface area is 118 Å². The van der Waals surface area contributed by atoms with Crippen molar-refractivity contribution in [2.75, 3.05) is 12.8 Å². The zero-order chi connectivity index (χ0) is 14.0. The molecule has 2 unspecified atom stereocenters. The topological polar surface area (TPSA) is 81.4 Å². The number of nitrogen functional groups attached to an aromatic ring is 1. The molecule has 1 aliphatic rings. The summed E-state index contributed by atoms with van der Waals surface area (Å²) in [5, 5.41) is 0.161. The van der Waals surface area contributed by atoms with Crippen molar-refractivity contribution in [1.82, 2.24) is 4.72 Å². The fraction of sp³-hybridized carbons (Fsp3) is 0.500. The smallest absolute Gasteiger partial charge is 0.242 e. The Hall–Kier alpha value is -0.820. The average molecular weight is 305 g/mol. The van der Waals surface area contributed by atoms with E-state index in [0.717, 1.165) is 19.3 Å². The molecule has 0 saturated heterocycles. The number of hydrogen-bond donors (Lipinski definition) is 2. The number of nitrogens with one attached hydrogen (secondary N) is 1. The van der Waals surface area contributed by atoms with E-state index >= 15 is 0 Å². The molecule has 1 aliphatic carbocycles. The third kappa shape index (κ3) is 3.20. The highest BCUT2D eigenvalue weighted by Crippen LogP contribution is 2.27. The molecule has 5 nitrogen and oxygen atoms in total. The van der Waals surface area contributed by atoms with Crippen molar-refractivity contribution >= 4 is 27.3 Å². The van der Waals surface area contributed by atoms with Crippen molar-refractivity contribution in [1.29, 1.82) is 0 Å². The number of hydrogen-bond acceptors (Lipinski definition) is 4. The normalized spacial score (nSPS) is 23.7. The molecule has 0 aliphatic heterocycles. The predicted octanol–water partition coefficient (Wildman–Crippen LogP) is 1.77. The zero-order valence-electron chi connectivity index (χ0n) is 10.6. The van der Waals surface area contributed by atoms with Gasteiger partial charge in [-0.25, -0.2) is 13.1 Å². The van der Waals surface area contributed by atoms with Gasteiger partial charge in [-0.1, -0.05) is 11.6 Å². The zero-order valence-corrected chi connectivity index (χ0v) is 12.2. The SMILES string of the molecule is COC1CCCC1NS(=O)(=O)c1cc(N)ccc1Cl. The highest BCUT2D eigenvalue weighted by molar-refractivity contribution is 7.89. The van der Waals surface area contributed by atoms with Gasteiger partial charge in [0.2, 0.25) is 10.0 Å². The molecule has 1 aromatic carbocycles. The van der Waals surface area contributed by atoms with Crippen LogP contribution in [0.3, 0.4) is 0 Å². The van der Waals surface area contributed by atoms with Crippen LogP contribution in [0.2, 0.25) is 5.02 Å². The second-order valence-electron chi connectivity index (χ2n) is 4.62. The van der Waals surface area contributed by atoms with Crippen LogP contribution in [0.25, 0.3) is 0 Å². The highest BCUT2D eigenvalue weighted by Gasteiger charge is 2.32. The molecule has 0 amide bonds. The molecule has 19 heavy (non-hydrogen) atoms. The van der Waals surface area contributed by atoms with Gasteiger partial charge in [-0.2, -0.15) is 0 Å². The lowest BCUT2D eigenvalue weighted by molar-refractivity contribution is 0.0916. The number of nitrogens with two attached hydrogens (primary N) is 1. The van der Waals surface area contributed by atoms with Crippen LogP contribution < -0.4 is 10.5 Å². The number of halogens is 1. The van der Waals surface area contributed by atoms with Crippen molar-refractivity contribution in [3.63, 3.8) is 0 Å². The fourth-order valence-corrected chi connectivity index (χ4v) is 4.17. The van der Waals surface area contributed by atoms with E-state index in [9.17, 15) is 8.42 Å². The standard InChI is InChI=1S/C12H17ClN2O3S/c1-18-11-4-2-3-10(11)15-19(16,17)12-7-8(14)5-6-9(12)13/h5-7,10-11,15H,2-4,14H2,1H3. The van der Waals surface area contributed by atoms with Crippen LogP contribution in [-0.4, -0.2) is 27.7 Å². The summed E-state index contributed by atoms with van der Waals surface area (Å²) < 4.78 is 32.6. The number of methoxy groups -OCH3 is 1. The molecule has 1 fully saturated rings. The maximum Gasteiger partial charge on any atom is 0.242 e. The summed E-state index contributed by atoms with van der Waals surface area (Å²) in [6, 6.07) is 4.19. The van der Waals surface area contributed by atoms with Gasteiger partial charge in [0.05, 0.1) is 11.1 Å². The summed E-state index contributed by atoms with van der Waals surface area (Å²) in [5.74, 6) is 0. The molecule has 0 radical (unpaired) electrons. The molecule has 0 aromatic heterocycles. The summed E-state index contributed by atoms with van der Waals surface area (Å²) in [7, 11) is -2.09. The maximum absolute atomic E-state index is 12.3. The van der Waals surface area contributed by atoms with Crippen molar-refractivity contribution < 1.29 is 13.2 Å². The molecular weight excluding hydrogens is 288 g/mol. The van der Waals surface area contributed by atoms with Crippen LogP contribution >= 0.6 is 11.6 Å². The van der Waals surface area contributed by atoms with Gasteiger partial charge in [0, 0.05) is 18.8 Å². The molecule has 7 heteroatoms. The van der Waals surface area contributed by atoms with Gasteiger partial charge < -0.3 is 10.5 Å². The van der Waals surface area contributed by atoms with E-state index in [2.05, 4.69) is 4.72 Å². The quantitative estimate of drug-likeness (QED) is 0.831. The Morgan fingerprint density at radius 3 is 2.84 bits per heavy atom. The predicted molar refractivity (Wildman–Crippen MR) is 74.6 cm³/mol. The minimum Gasteiger partial charge on any atom is -0.399 e. The molecular formula is C12H17ClN2O3S. The number of sulfonamides is 1. The summed E-state index contributed by atoms with van der Waals surface area (Å²) in [6.07, 6.45) is 2.47. The van der Waals surface area contributed by atoms with E-state index in [-0.39, 0.29) is 22.1 Å². The lowest BCUT2D eigenvalue weighted by Crippen LogP contribution is -2.40. The molecule has 106 valence electrons. The van der Waals surface area contributed by atoms with Gasteiger partial charge in [0.25, 0.3) is 0 Å². The summed E-state index contributed by atoms with van der Waals surface area (Å²) in [5.41, 5.74) is 5.97. The van der Waals surface area contributed by atoms with Gasteiger partial charge in [0.1, 0.15) is 4.90 Å². The molecule has 1 aromatic rings. The fourth-order valence-electron chi connectivity index (χ4n) is 2.33. The molecule has 0 spiro atoms. The summed E-state index contributed by atoms with van der Waals surface area (Å²) >= 11 is 5.93. The first-order valence-electron chi connectivity index (χ1n) is 6.04. The second kappa shape index (κ2) is 5.66.